The zero-order chi connectivity index (χ0) is 30.1. The van der Waals surface area contributed by atoms with Crippen molar-refractivity contribution in [2.24, 2.45) is 11.8 Å². The number of imidazole rings is 2. The van der Waals surface area contributed by atoms with E-state index in [1.807, 2.05) is 4.57 Å². The van der Waals surface area contributed by atoms with E-state index in [0.29, 0.717) is 17.6 Å². The van der Waals surface area contributed by atoms with E-state index in [1.165, 1.54) is 23.5 Å². The lowest BCUT2D eigenvalue weighted by molar-refractivity contribution is -0.0413. The van der Waals surface area contributed by atoms with Crippen LogP contribution in [-0.2, 0) is 39.2 Å². The SMILES string of the molecule is Nc1ncnc2c1ncn2[C@@H]1CC2COP(O)(=S)O[C@H]3[C@@H](F)[C@H](n4cnc5c(N)ncnc54)O[C@@H]3COP(=O)(S)OC[C@H]21. The van der Waals surface area contributed by atoms with Gasteiger partial charge in [-0.3, -0.25) is 13.6 Å². The minimum atomic E-state index is -4.00. The van der Waals surface area contributed by atoms with Gasteiger partial charge in [-0.2, -0.15) is 0 Å². The van der Waals surface area contributed by atoms with Crippen LogP contribution in [0.5, 0.6) is 0 Å². The molecule has 0 bridgehead atoms. The van der Waals surface area contributed by atoms with Crippen LogP contribution in [0.25, 0.3) is 22.3 Å². The number of fused-ring (bicyclic) bond motifs is 4. The van der Waals surface area contributed by atoms with Crippen molar-refractivity contribution in [2.75, 3.05) is 31.3 Å². The van der Waals surface area contributed by atoms with Gasteiger partial charge in [0.2, 0.25) is 0 Å². The smallest absolute Gasteiger partial charge is 0.382 e. The molecular weight excluding hydrogens is 649 g/mol. The lowest BCUT2D eigenvalue weighted by Crippen LogP contribution is -2.43. The summed E-state index contributed by atoms with van der Waals surface area (Å²) in [6.45, 7) is -8.55. The van der Waals surface area contributed by atoms with E-state index in [4.69, 9.17) is 46.1 Å². The number of thiol groups is 1. The molecule has 2 aliphatic heterocycles. The summed E-state index contributed by atoms with van der Waals surface area (Å²) in [5.74, 6) is -0.186. The summed E-state index contributed by atoms with van der Waals surface area (Å²) in [6, 6.07) is -0.203. The third-order valence-electron chi connectivity index (χ3n) is 7.86. The maximum Gasteiger partial charge on any atom is 0.386 e. The molecule has 7 rings (SSSR count). The van der Waals surface area contributed by atoms with Gasteiger partial charge < -0.3 is 34.7 Å². The molecule has 1 aliphatic carbocycles. The molecule has 43 heavy (non-hydrogen) atoms. The van der Waals surface area contributed by atoms with Crippen LogP contribution in [0, 0.1) is 11.8 Å². The van der Waals surface area contributed by atoms with Gasteiger partial charge in [-0.1, -0.05) is 12.2 Å². The van der Waals surface area contributed by atoms with Crippen LogP contribution in [0.3, 0.4) is 0 Å². The van der Waals surface area contributed by atoms with E-state index in [9.17, 15) is 9.46 Å². The van der Waals surface area contributed by atoms with Gasteiger partial charge in [-0.15, -0.1) is 0 Å². The number of halogens is 1. The third-order valence-corrected chi connectivity index (χ3v) is 11.1. The average molecular weight is 675 g/mol. The first-order valence-corrected chi connectivity index (χ1v) is 18.2. The Kier molecular flexibility index (Phi) is 7.44. The fraction of sp³-hybridized carbons (Fsp3) is 0.524. The summed E-state index contributed by atoms with van der Waals surface area (Å²) in [6.07, 6.45) is 0.0537. The molecule has 3 aliphatic rings. The van der Waals surface area contributed by atoms with Crippen LogP contribution in [-0.4, -0.2) is 82.1 Å². The van der Waals surface area contributed by atoms with E-state index >= 15 is 4.39 Å². The summed E-state index contributed by atoms with van der Waals surface area (Å²) >= 11 is 9.40. The Hall–Kier alpha value is -2.38. The highest BCUT2D eigenvalue weighted by molar-refractivity contribution is 8.44. The van der Waals surface area contributed by atoms with Crippen molar-refractivity contribution in [2.45, 2.75) is 37.1 Å². The average Bonchev–Trinajstić information content (AvgIpc) is 3.64. The Labute approximate surface area is 252 Å². The number of aromatic nitrogens is 8. The maximum absolute atomic E-state index is 16.0. The molecular formula is C21H25FN10O7P2S2. The first-order valence-electron chi connectivity index (χ1n) is 12.9. The highest BCUT2D eigenvalue weighted by Crippen LogP contribution is 2.58. The van der Waals surface area contributed by atoms with Crippen molar-refractivity contribution in [1.29, 1.82) is 0 Å². The van der Waals surface area contributed by atoms with Gasteiger partial charge in [-0.25, -0.2) is 38.9 Å². The molecule has 3 unspecified atom stereocenters. The molecule has 9 atom stereocenters. The molecule has 4 aromatic heterocycles. The number of hydrogen-bond acceptors (Lipinski definition) is 15. The normalized spacial score (nSPS) is 37.1. The van der Waals surface area contributed by atoms with E-state index in [-0.39, 0.29) is 53.9 Å². The minimum absolute atomic E-state index is 0.0409. The van der Waals surface area contributed by atoms with Gasteiger partial charge in [0.25, 0.3) is 0 Å². The summed E-state index contributed by atoms with van der Waals surface area (Å²) in [5.41, 5.74) is 13.2. The topological polar surface area (TPSA) is 223 Å². The Morgan fingerprint density at radius 1 is 0.953 bits per heavy atom. The van der Waals surface area contributed by atoms with Crippen molar-refractivity contribution >= 4 is 71.5 Å². The zero-order valence-electron chi connectivity index (χ0n) is 21.9. The maximum atomic E-state index is 16.0. The Bertz CT molecular complexity index is 1800. The second kappa shape index (κ2) is 10.9. The largest absolute Gasteiger partial charge is 0.386 e. The second-order valence-electron chi connectivity index (χ2n) is 10.3. The molecule has 5 N–H and O–H groups in total. The summed E-state index contributed by atoms with van der Waals surface area (Å²) in [4.78, 5) is 35.7. The highest BCUT2D eigenvalue weighted by atomic mass is 32.7. The van der Waals surface area contributed by atoms with Gasteiger partial charge in [0.05, 0.1) is 32.5 Å². The molecule has 0 spiro atoms. The molecule has 17 nitrogen and oxygen atoms in total. The van der Waals surface area contributed by atoms with Crippen LogP contribution in [0.1, 0.15) is 18.7 Å². The number of rotatable bonds is 2. The monoisotopic (exact) mass is 674 g/mol. The zero-order valence-corrected chi connectivity index (χ0v) is 25.4. The molecule has 0 radical (unpaired) electrons. The van der Waals surface area contributed by atoms with Crippen LogP contribution >= 0.6 is 25.8 Å². The van der Waals surface area contributed by atoms with Crippen LogP contribution < -0.4 is 11.5 Å². The number of hydrogen-bond donors (Lipinski definition) is 4. The Morgan fingerprint density at radius 2 is 1.58 bits per heavy atom. The van der Waals surface area contributed by atoms with Crippen molar-refractivity contribution < 1.29 is 36.7 Å². The van der Waals surface area contributed by atoms with Crippen molar-refractivity contribution in [3.8, 4) is 0 Å². The quantitative estimate of drug-likeness (QED) is 0.176. The Balaban J connectivity index is 1.14. The second-order valence-corrected chi connectivity index (χ2v) is 16.0. The van der Waals surface area contributed by atoms with Gasteiger partial charge in [0.15, 0.2) is 35.3 Å². The number of nitrogens with zero attached hydrogens (tertiary/aromatic N) is 8. The predicted octanol–water partition coefficient (Wildman–Crippen LogP) is 1.95. The van der Waals surface area contributed by atoms with E-state index in [2.05, 4.69) is 42.2 Å². The lowest BCUT2D eigenvalue weighted by Gasteiger charge is -2.45. The van der Waals surface area contributed by atoms with Crippen LogP contribution in [0.4, 0.5) is 16.0 Å². The molecule has 230 valence electrons. The fourth-order valence-electron chi connectivity index (χ4n) is 5.64. The Morgan fingerprint density at radius 3 is 2.28 bits per heavy atom. The van der Waals surface area contributed by atoms with Gasteiger partial charge in [0, 0.05) is 12.0 Å². The van der Waals surface area contributed by atoms with Gasteiger partial charge in [0.1, 0.15) is 35.9 Å². The highest BCUT2D eigenvalue weighted by Gasteiger charge is 2.51. The van der Waals surface area contributed by atoms with Gasteiger partial charge in [-0.05, 0) is 24.1 Å². The number of alkyl halides is 1. The van der Waals surface area contributed by atoms with E-state index in [1.54, 1.807) is 6.33 Å². The molecule has 2 saturated heterocycles. The minimum Gasteiger partial charge on any atom is -0.382 e. The standard InChI is InChI=1S/C21H25FN10O7P2S2/c22-13-16-12(38-21(13)32-8-30-15-18(24)26-6-28-20(15)32)4-37-40(33,42)36-3-10-9(2-35-41(34,43)39-16)1-11(10)31-7-29-14-17(23)25-5-27-19(14)31/h5-13,16,21H,1-4H2,(H,33,42)(H,34,43)(H2,23,25,27)(H2,24,26,28)/t9?,10-,11-,12-,13-,16-,21-,40?,41?/m1/s1. The summed E-state index contributed by atoms with van der Waals surface area (Å²) < 4.78 is 60.9. The molecule has 22 heteroatoms. The number of nitrogens with two attached hydrogens (primary N) is 2. The van der Waals surface area contributed by atoms with Crippen LogP contribution in [0.2, 0.25) is 0 Å². The third kappa shape index (κ3) is 5.32. The fourth-order valence-corrected chi connectivity index (χ4v) is 8.29. The molecule has 6 heterocycles. The molecule has 4 aromatic rings. The summed E-state index contributed by atoms with van der Waals surface area (Å²) in [5, 5.41) is 0. The van der Waals surface area contributed by atoms with E-state index < -0.39 is 44.7 Å². The number of anilines is 2. The summed E-state index contributed by atoms with van der Waals surface area (Å²) in [7, 11) is 0. The van der Waals surface area contributed by atoms with Crippen molar-refractivity contribution in [3.63, 3.8) is 0 Å². The lowest BCUT2D eigenvalue weighted by atomic mass is 9.70. The van der Waals surface area contributed by atoms with Crippen molar-refractivity contribution in [1.82, 2.24) is 39.0 Å². The molecule has 0 aromatic carbocycles. The van der Waals surface area contributed by atoms with Crippen LogP contribution in [0.15, 0.2) is 25.3 Å². The first-order chi connectivity index (χ1) is 20.5. The number of ether oxygens (including phenoxy) is 1. The predicted molar refractivity (Wildman–Crippen MR) is 155 cm³/mol. The van der Waals surface area contributed by atoms with Crippen molar-refractivity contribution in [3.05, 3.63) is 25.3 Å². The van der Waals surface area contributed by atoms with Gasteiger partial charge >= 0.3 is 13.5 Å². The number of nitrogen functional groups attached to an aromatic ring is 2. The molecule has 0 amide bonds. The first kappa shape index (κ1) is 29.3. The molecule has 3 fully saturated rings. The molecule has 1 saturated carbocycles. The van der Waals surface area contributed by atoms with E-state index in [0.717, 1.165) is 0 Å².